The summed E-state index contributed by atoms with van der Waals surface area (Å²) < 4.78 is 7.13. The standard InChI is InChI=1S/C20H25ClN8O3/c1-26(2)6-7-27(3)16-9-18(32-5)15(8-17(16)29(30)31)24-20-22-11-14(21)19(25-20)13-10-23-28(4)12-13/h8-12H,6-7H2,1-5H3,(H,22,24,25). The molecule has 0 spiro atoms. The van der Waals surface area contributed by atoms with Crippen molar-refractivity contribution in [3.05, 3.63) is 45.9 Å². The van der Waals surface area contributed by atoms with Crippen molar-refractivity contribution in [3.63, 3.8) is 0 Å². The molecule has 170 valence electrons. The van der Waals surface area contributed by atoms with Gasteiger partial charge in [0.2, 0.25) is 5.95 Å². The molecule has 0 aliphatic rings. The van der Waals surface area contributed by atoms with Crippen LogP contribution in [0.25, 0.3) is 11.3 Å². The third-order valence-electron chi connectivity index (χ3n) is 4.76. The first-order chi connectivity index (χ1) is 15.2. The second-order valence-electron chi connectivity index (χ2n) is 7.44. The van der Waals surface area contributed by atoms with Gasteiger partial charge in [-0.05, 0) is 14.1 Å². The summed E-state index contributed by atoms with van der Waals surface area (Å²) in [7, 11) is 8.99. The van der Waals surface area contributed by atoms with Gasteiger partial charge in [0.25, 0.3) is 5.69 Å². The Balaban J connectivity index is 1.98. The first-order valence-electron chi connectivity index (χ1n) is 9.70. The molecule has 0 amide bonds. The molecular formula is C20H25ClN8O3. The summed E-state index contributed by atoms with van der Waals surface area (Å²) in [6, 6.07) is 3.05. The van der Waals surface area contributed by atoms with Crippen LogP contribution >= 0.6 is 11.6 Å². The maximum Gasteiger partial charge on any atom is 0.294 e. The molecule has 0 radical (unpaired) electrons. The fourth-order valence-electron chi connectivity index (χ4n) is 3.04. The van der Waals surface area contributed by atoms with Gasteiger partial charge in [-0.25, -0.2) is 9.97 Å². The third kappa shape index (κ3) is 5.24. The number of ether oxygens (including phenoxy) is 1. The number of hydrogen-bond donors (Lipinski definition) is 1. The van der Waals surface area contributed by atoms with E-state index in [1.807, 2.05) is 23.9 Å². The number of rotatable bonds is 9. The quantitative estimate of drug-likeness (QED) is 0.379. The van der Waals surface area contributed by atoms with Gasteiger partial charge in [-0.2, -0.15) is 5.10 Å². The Kier molecular flexibility index (Phi) is 7.11. The van der Waals surface area contributed by atoms with Crippen LogP contribution in [-0.2, 0) is 7.05 Å². The van der Waals surface area contributed by atoms with Gasteiger partial charge < -0.3 is 19.9 Å². The molecule has 0 bridgehead atoms. The molecule has 3 rings (SSSR count). The van der Waals surface area contributed by atoms with Crippen LogP contribution < -0.4 is 15.0 Å². The molecule has 0 atom stereocenters. The van der Waals surface area contributed by atoms with Crippen LogP contribution in [0.2, 0.25) is 5.02 Å². The lowest BCUT2D eigenvalue weighted by molar-refractivity contribution is -0.384. The summed E-state index contributed by atoms with van der Waals surface area (Å²) in [5, 5.41) is 19.3. The number of benzene rings is 1. The number of likely N-dealkylation sites (N-methyl/N-ethyl adjacent to an activating group) is 2. The fourth-order valence-corrected chi connectivity index (χ4v) is 3.24. The molecule has 2 aromatic heterocycles. The second kappa shape index (κ2) is 9.79. The Bertz CT molecular complexity index is 1120. The van der Waals surface area contributed by atoms with E-state index >= 15 is 0 Å². The van der Waals surface area contributed by atoms with E-state index in [1.54, 1.807) is 37.2 Å². The Labute approximate surface area is 190 Å². The number of nitro groups is 1. The number of anilines is 3. The van der Waals surface area contributed by atoms with E-state index in [1.165, 1.54) is 19.4 Å². The summed E-state index contributed by atoms with van der Waals surface area (Å²) in [6.07, 6.45) is 4.88. The van der Waals surface area contributed by atoms with Crippen molar-refractivity contribution in [1.82, 2.24) is 24.6 Å². The number of aryl methyl sites for hydroxylation is 1. The fraction of sp³-hybridized carbons (Fsp3) is 0.350. The van der Waals surface area contributed by atoms with Crippen molar-refractivity contribution in [2.24, 2.45) is 7.05 Å². The predicted octanol–water partition coefficient (Wildman–Crippen LogP) is 3.19. The Morgan fingerprint density at radius 1 is 1.25 bits per heavy atom. The molecule has 0 saturated carbocycles. The monoisotopic (exact) mass is 460 g/mol. The van der Waals surface area contributed by atoms with Gasteiger partial charge in [0, 0.05) is 51.1 Å². The van der Waals surface area contributed by atoms with E-state index in [9.17, 15) is 10.1 Å². The normalized spacial score (nSPS) is 11.0. The minimum absolute atomic E-state index is 0.0593. The van der Waals surface area contributed by atoms with Gasteiger partial charge in [0.1, 0.15) is 11.4 Å². The van der Waals surface area contributed by atoms with E-state index in [4.69, 9.17) is 16.3 Å². The third-order valence-corrected chi connectivity index (χ3v) is 5.03. The minimum atomic E-state index is -0.421. The topological polar surface area (TPSA) is 114 Å². The van der Waals surface area contributed by atoms with Crippen LogP contribution in [0.15, 0.2) is 30.7 Å². The van der Waals surface area contributed by atoms with Crippen molar-refractivity contribution >= 4 is 34.6 Å². The van der Waals surface area contributed by atoms with Gasteiger partial charge in [0.05, 0.1) is 40.8 Å². The van der Waals surface area contributed by atoms with Crippen LogP contribution in [0.4, 0.5) is 23.0 Å². The summed E-state index contributed by atoms with van der Waals surface area (Å²) in [4.78, 5) is 23.9. The summed E-state index contributed by atoms with van der Waals surface area (Å²) in [6.45, 7) is 1.35. The van der Waals surface area contributed by atoms with E-state index in [2.05, 4.69) is 20.4 Å². The minimum Gasteiger partial charge on any atom is -0.494 e. The highest BCUT2D eigenvalue weighted by molar-refractivity contribution is 6.32. The van der Waals surface area contributed by atoms with Crippen LogP contribution in [-0.4, -0.2) is 70.9 Å². The molecule has 2 heterocycles. The molecule has 0 unspecified atom stereocenters. The Morgan fingerprint density at radius 2 is 2.00 bits per heavy atom. The molecule has 32 heavy (non-hydrogen) atoms. The molecule has 0 fully saturated rings. The summed E-state index contributed by atoms with van der Waals surface area (Å²) in [5.74, 6) is 0.637. The average Bonchev–Trinajstić information content (AvgIpc) is 3.18. The summed E-state index contributed by atoms with van der Waals surface area (Å²) in [5.41, 5.74) is 1.97. The zero-order valence-corrected chi connectivity index (χ0v) is 19.3. The lowest BCUT2D eigenvalue weighted by Crippen LogP contribution is -2.28. The highest BCUT2D eigenvalue weighted by atomic mass is 35.5. The number of aromatic nitrogens is 4. The van der Waals surface area contributed by atoms with Gasteiger partial charge in [-0.1, -0.05) is 11.6 Å². The lowest BCUT2D eigenvalue weighted by atomic mass is 10.2. The highest BCUT2D eigenvalue weighted by Gasteiger charge is 2.22. The maximum absolute atomic E-state index is 11.8. The van der Waals surface area contributed by atoms with Crippen LogP contribution in [0.3, 0.4) is 0 Å². The summed E-state index contributed by atoms with van der Waals surface area (Å²) >= 11 is 6.26. The zero-order valence-electron chi connectivity index (χ0n) is 18.5. The van der Waals surface area contributed by atoms with Crippen LogP contribution in [0.5, 0.6) is 5.75 Å². The van der Waals surface area contributed by atoms with Crippen LogP contribution in [0, 0.1) is 10.1 Å². The molecule has 1 N–H and O–H groups in total. The number of nitro benzene ring substituents is 1. The smallest absolute Gasteiger partial charge is 0.294 e. The van der Waals surface area contributed by atoms with Crippen molar-refractivity contribution in [2.45, 2.75) is 0 Å². The van der Waals surface area contributed by atoms with Crippen molar-refractivity contribution in [1.29, 1.82) is 0 Å². The molecule has 0 aliphatic carbocycles. The van der Waals surface area contributed by atoms with E-state index < -0.39 is 4.92 Å². The number of nitrogens with zero attached hydrogens (tertiary/aromatic N) is 7. The van der Waals surface area contributed by atoms with Crippen molar-refractivity contribution in [2.75, 3.05) is 51.6 Å². The van der Waals surface area contributed by atoms with Gasteiger partial charge >= 0.3 is 0 Å². The number of nitrogens with one attached hydrogen (secondary N) is 1. The Hall–Kier alpha value is -3.44. The molecule has 0 aliphatic heterocycles. The largest absolute Gasteiger partial charge is 0.494 e. The lowest BCUT2D eigenvalue weighted by Gasteiger charge is -2.22. The second-order valence-corrected chi connectivity index (χ2v) is 7.85. The van der Waals surface area contributed by atoms with Gasteiger partial charge in [-0.3, -0.25) is 14.8 Å². The van der Waals surface area contributed by atoms with Crippen molar-refractivity contribution in [3.8, 4) is 17.0 Å². The van der Waals surface area contributed by atoms with Crippen LogP contribution in [0.1, 0.15) is 0 Å². The van der Waals surface area contributed by atoms with E-state index in [-0.39, 0.29) is 11.6 Å². The molecule has 11 nitrogen and oxygen atoms in total. The van der Waals surface area contributed by atoms with Gasteiger partial charge in [-0.15, -0.1) is 0 Å². The number of methoxy groups -OCH3 is 1. The van der Waals surface area contributed by atoms with Gasteiger partial charge in [0.15, 0.2) is 0 Å². The first-order valence-corrected chi connectivity index (χ1v) is 10.1. The predicted molar refractivity (Wildman–Crippen MR) is 124 cm³/mol. The maximum atomic E-state index is 11.8. The number of hydrogen-bond acceptors (Lipinski definition) is 9. The average molecular weight is 461 g/mol. The molecular weight excluding hydrogens is 436 g/mol. The van der Waals surface area contributed by atoms with E-state index in [0.29, 0.717) is 34.4 Å². The molecule has 0 saturated heterocycles. The van der Waals surface area contributed by atoms with E-state index in [0.717, 1.165) is 12.1 Å². The first kappa shape index (κ1) is 23.2. The molecule has 12 heteroatoms. The molecule has 1 aromatic carbocycles. The van der Waals surface area contributed by atoms with Crippen molar-refractivity contribution < 1.29 is 9.66 Å². The zero-order chi connectivity index (χ0) is 23.4. The molecule has 3 aromatic rings. The number of halogens is 1. The highest BCUT2D eigenvalue weighted by Crippen LogP contribution is 2.39. The Morgan fingerprint density at radius 3 is 2.59 bits per heavy atom. The SMILES string of the molecule is COc1cc(N(C)CCN(C)C)c([N+](=O)[O-])cc1Nc1ncc(Cl)c(-c2cnn(C)c2)n1.